The minimum absolute atomic E-state index is 0.00103. The van der Waals surface area contributed by atoms with E-state index in [2.05, 4.69) is 37.2 Å². The molecule has 1 saturated heterocycles. The highest BCUT2D eigenvalue weighted by molar-refractivity contribution is 7.80. The highest BCUT2D eigenvalue weighted by atomic mass is 32.1. The lowest BCUT2D eigenvalue weighted by Crippen LogP contribution is -2.30. The molecule has 30 heavy (non-hydrogen) atoms. The van der Waals surface area contributed by atoms with Gasteiger partial charge in [-0.3, -0.25) is 9.78 Å². The van der Waals surface area contributed by atoms with Gasteiger partial charge in [0.15, 0.2) is 5.11 Å². The lowest BCUT2D eigenvalue weighted by molar-refractivity contribution is -0.115. The van der Waals surface area contributed by atoms with Crippen LogP contribution in [0.1, 0.15) is 42.4 Å². The Balaban J connectivity index is 1.76. The fourth-order valence-corrected chi connectivity index (χ4v) is 4.24. The standard InChI is InChI=1S/C23H25N5OS/c1-4-20(29)25-17-11-10-16(14-15(17)2)28-22(19-9-7-13-27(19)3)21(26-23(28)30)18-8-5-6-12-24-18/h5-14,21-22H,4H2,1-3H3,(H,25,29)(H,26,30)/t21-,22+/m1/s1. The number of hydrogen-bond acceptors (Lipinski definition) is 3. The van der Waals surface area contributed by atoms with E-state index >= 15 is 0 Å². The van der Waals surface area contributed by atoms with Gasteiger partial charge in [0.2, 0.25) is 5.91 Å². The van der Waals surface area contributed by atoms with E-state index in [1.807, 2.05) is 63.5 Å². The second-order valence-corrected chi connectivity index (χ2v) is 7.83. The normalized spacial score (nSPS) is 18.4. The summed E-state index contributed by atoms with van der Waals surface area (Å²) in [5.41, 5.74) is 4.87. The monoisotopic (exact) mass is 419 g/mol. The highest BCUT2D eigenvalue weighted by Gasteiger charge is 2.41. The molecule has 2 atom stereocenters. The van der Waals surface area contributed by atoms with Crippen molar-refractivity contribution in [1.82, 2.24) is 14.9 Å². The molecule has 0 radical (unpaired) electrons. The predicted octanol–water partition coefficient (Wildman–Crippen LogP) is 4.25. The SMILES string of the molecule is CCC(=O)Nc1ccc(N2C(=S)N[C@H](c3ccccn3)[C@@H]2c2cccn2C)cc1C. The Hall–Kier alpha value is -3.19. The van der Waals surface area contributed by atoms with Crippen LogP contribution in [0, 0.1) is 6.92 Å². The number of rotatable bonds is 5. The number of nitrogens with one attached hydrogen (secondary N) is 2. The van der Waals surface area contributed by atoms with Gasteiger partial charge in [-0.25, -0.2) is 0 Å². The molecular weight excluding hydrogens is 394 g/mol. The van der Waals surface area contributed by atoms with E-state index in [1.165, 1.54) is 0 Å². The Bertz CT molecular complexity index is 1080. The van der Waals surface area contributed by atoms with Crippen LogP contribution in [-0.2, 0) is 11.8 Å². The van der Waals surface area contributed by atoms with Gasteiger partial charge in [0.05, 0.1) is 11.7 Å². The number of thiocarbonyl (C=S) groups is 1. The van der Waals surface area contributed by atoms with Crippen LogP contribution in [-0.4, -0.2) is 20.6 Å². The Morgan fingerprint density at radius 1 is 1.23 bits per heavy atom. The second-order valence-electron chi connectivity index (χ2n) is 7.44. The summed E-state index contributed by atoms with van der Waals surface area (Å²) in [7, 11) is 2.04. The van der Waals surface area contributed by atoms with Crippen LogP contribution in [0.2, 0.25) is 0 Å². The van der Waals surface area contributed by atoms with Gasteiger partial charge in [-0.05, 0) is 67.2 Å². The quantitative estimate of drug-likeness (QED) is 0.605. The van der Waals surface area contributed by atoms with Crippen molar-refractivity contribution in [3.63, 3.8) is 0 Å². The third-order valence-corrected chi connectivity index (χ3v) is 5.78. The zero-order chi connectivity index (χ0) is 21.3. The Kier molecular flexibility index (Phi) is 5.55. The smallest absolute Gasteiger partial charge is 0.224 e. The van der Waals surface area contributed by atoms with Crippen molar-refractivity contribution in [3.05, 3.63) is 77.9 Å². The van der Waals surface area contributed by atoms with Crippen LogP contribution in [0.4, 0.5) is 11.4 Å². The van der Waals surface area contributed by atoms with Crippen molar-refractivity contribution >= 4 is 34.6 Å². The van der Waals surface area contributed by atoms with Crippen LogP contribution in [0.25, 0.3) is 0 Å². The van der Waals surface area contributed by atoms with Crippen molar-refractivity contribution in [2.75, 3.05) is 10.2 Å². The van der Waals surface area contributed by atoms with E-state index in [9.17, 15) is 4.79 Å². The lowest BCUT2D eigenvalue weighted by atomic mass is 10.0. The maximum atomic E-state index is 11.8. The van der Waals surface area contributed by atoms with E-state index < -0.39 is 0 Å². The molecule has 0 saturated carbocycles. The molecule has 3 heterocycles. The fourth-order valence-electron chi connectivity index (χ4n) is 3.89. The van der Waals surface area contributed by atoms with Gasteiger partial charge in [-0.15, -0.1) is 0 Å². The number of hydrogen-bond donors (Lipinski definition) is 2. The summed E-state index contributed by atoms with van der Waals surface area (Å²) in [4.78, 5) is 18.5. The molecule has 4 rings (SSSR count). The summed E-state index contributed by atoms with van der Waals surface area (Å²) >= 11 is 5.77. The Morgan fingerprint density at radius 2 is 2.07 bits per heavy atom. The van der Waals surface area contributed by atoms with Gasteiger partial charge in [-0.2, -0.15) is 0 Å². The number of anilines is 2. The molecule has 154 valence electrons. The molecule has 7 heteroatoms. The molecule has 1 aliphatic rings. The van der Waals surface area contributed by atoms with Gasteiger partial charge in [0, 0.05) is 42.9 Å². The predicted molar refractivity (Wildman–Crippen MR) is 123 cm³/mol. The Morgan fingerprint density at radius 3 is 2.70 bits per heavy atom. The summed E-state index contributed by atoms with van der Waals surface area (Å²) in [5, 5.41) is 7.08. The van der Waals surface area contributed by atoms with Gasteiger partial charge >= 0.3 is 0 Å². The highest BCUT2D eigenvalue weighted by Crippen LogP contribution is 2.42. The molecule has 0 bridgehead atoms. The number of amides is 1. The average Bonchev–Trinajstić information content (AvgIpc) is 3.32. The fraction of sp³-hybridized carbons (Fsp3) is 0.261. The lowest BCUT2D eigenvalue weighted by Gasteiger charge is -2.28. The zero-order valence-electron chi connectivity index (χ0n) is 17.3. The van der Waals surface area contributed by atoms with Gasteiger partial charge in [0.25, 0.3) is 0 Å². The number of benzene rings is 1. The van der Waals surface area contributed by atoms with E-state index in [0.29, 0.717) is 11.5 Å². The van der Waals surface area contributed by atoms with Crippen molar-refractivity contribution in [3.8, 4) is 0 Å². The zero-order valence-corrected chi connectivity index (χ0v) is 18.1. The van der Waals surface area contributed by atoms with Crippen LogP contribution in [0.3, 0.4) is 0 Å². The van der Waals surface area contributed by atoms with E-state index in [0.717, 1.165) is 28.3 Å². The molecule has 1 aromatic carbocycles. The summed E-state index contributed by atoms with van der Waals surface area (Å²) in [6, 6.07) is 16.0. The van der Waals surface area contributed by atoms with Crippen LogP contribution in [0.15, 0.2) is 60.9 Å². The molecule has 2 aromatic heterocycles. The molecule has 0 unspecified atom stereocenters. The Labute approximate surface area is 181 Å². The number of pyridine rings is 1. The third-order valence-electron chi connectivity index (χ3n) is 5.47. The van der Waals surface area contributed by atoms with Crippen LogP contribution in [0.5, 0.6) is 0 Å². The molecule has 6 nitrogen and oxygen atoms in total. The van der Waals surface area contributed by atoms with Gasteiger partial charge in [-0.1, -0.05) is 13.0 Å². The second kappa shape index (κ2) is 8.28. The maximum Gasteiger partial charge on any atom is 0.224 e. The summed E-state index contributed by atoms with van der Waals surface area (Å²) in [5.74, 6) is 0.00103. The molecule has 0 spiro atoms. The number of carbonyl (C=O) groups excluding carboxylic acids is 1. The third kappa shape index (κ3) is 3.68. The number of nitrogens with zero attached hydrogens (tertiary/aromatic N) is 3. The molecule has 2 N–H and O–H groups in total. The first kappa shape index (κ1) is 20.1. The molecule has 3 aromatic rings. The minimum atomic E-state index is -0.0768. The summed E-state index contributed by atoms with van der Waals surface area (Å²) in [6.45, 7) is 3.84. The molecule has 1 aliphatic heterocycles. The van der Waals surface area contributed by atoms with Crippen molar-refractivity contribution in [2.45, 2.75) is 32.4 Å². The summed E-state index contributed by atoms with van der Waals surface area (Å²) in [6.07, 6.45) is 4.29. The number of aryl methyl sites for hydroxylation is 2. The first-order valence-corrected chi connectivity index (χ1v) is 10.4. The van der Waals surface area contributed by atoms with Crippen molar-refractivity contribution < 1.29 is 4.79 Å². The van der Waals surface area contributed by atoms with E-state index in [1.54, 1.807) is 6.20 Å². The van der Waals surface area contributed by atoms with E-state index in [4.69, 9.17) is 12.2 Å². The minimum Gasteiger partial charge on any atom is -0.353 e. The summed E-state index contributed by atoms with van der Waals surface area (Å²) < 4.78 is 2.12. The average molecular weight is 420 g/mol. The van der Waals surface area contributed by atoms with Gasteiger partial charge < -0.3 is 20.1 Å². The topological polar surface area (TPSA) is 62.2 Å². The molecular formula is C23H25N5OS. The maximum absolute atomic E-state index is 11.8. The number of aromatic nitrogens is 2. The molecule has 0 aliphatic carbocycles. The van der Waals surface area contributed by atoms with Crippen LogP contribution < -0.4 is 15.5 Å². The van der Waals surface area contributed by atoms with Crippen LogP contribution >= 0.6 is 12.2 Å². The van der Waals surface area contributed by atoms with Crippen molar-refractivity contribution in [1.29, 1.82) is 0 Å². The largest absolute Gasteiger partial charge is 0.353 e. The number of carbonyl (C=O) groups is 1. The first-order chi connectivity index (χ1) is 14.5. The van der Waals surface area contributed by atoms with Gasteiger partial charge in [0.1, 0.15) is 6.04 Å². The van der Waals surface area contributed by atoms with Crippen molar-refractivity contribution in [2.24, 2.45) is 7.05 Å². The molecule has 1 amide bonds. The van der Waals surface area contributed by atoms with E-state index in [-0.39, 0.29) is 18.0 Å². The molecule has 1 fully saturated rings. The first-order valence-electron chi connectivity index (χ1n) is 10.0.